The summed E-state index contributed by atoms with van der Waals surface area (Å²) in [7, 11) is 0. The average Bonchev–Trinajstić information content (AvgIpc) is 3.25. The van der Waals surface area contributed by atoms with Gasteiger partial charge in [0.15, 0.2) is 6.61 Å². The first kappa shape index (κ1) is 17.2. The zero-order chi connectivity index (χ0) is 19.2. The van der Waals surface area contributed by atoms with Crippen molar-refractivity contribution in [3.8, 4) is 0 Å². The second kappa shape index (κ2) is 6.19. The largest absolute Gasteiger partial charge is 0.472 e. The highest BCUT2D eigenvalue weighted by Gasteiger charge is 2.37. The molecule has 0 spiro atoms. The van der Waals surface area contributed by atoms with Crippen LogP contribution in [0.25, 0.3) is 11.0 Å². The second-order valence-electron chi connectivity index (χ2n) is 6.11. The first-order chi connectivity index (χ1) is 12.8. The van der Waals surface area contributed by atoms with Gasteiger partial charge in [-0.1, -0.05) is 12.1 Å². The van der Waals surface area contributed by atoms with Gasteiger partial charge in [-0.25, -0.2) is 9.78 Å². The molecule has 9 heteroatoms. The van der Waals surface area contributed by atoms with Crippen LogP contribution >= 0.6 is 0 Å². The molecule has 0 saturated heterocycles. The minimum absolute atomic E-state index is 0.0660. The maximum absolute atomic E-state index is 12.5. The van der Waals surface area contributed by atoms with Crippen LogP contribution in [0.1, 0.15) is 18.5 Å². The average molecular weight is 377 g/mol. The van der Waals surface area contributed by atoms with Crippen molar-refractivity contribution in [1.29, 1.82) is 0 Å². The Kier molecular flexibility index (Phi) is 3.94. The van der Waals surface area contributed by atoms with Crippen LogP contribution in [0.5, 0.6) is 0 Å². The fraction of sp³-hybridized carbons (Fsp3) is 0.222. The van der Waals surface area contributed by atoms with Gasteiger partial charge in [-0.2, -0.15) is 13.2 Å². The number of ether oxygens (including phenoxy) is 1. The lowest BCUT2D eigenvalue weighted by Gasteiger charge is -2.29. The van der Waals surface area contributed by atoms with Crippen LogP contribution in [0.4, 0.5) is 19.1 Å². The number of nitrogens with zero attached hydrogens (tertiary/aromatic N) is 2. The number of allylic oxidation sites excluding steroid dienone is 1. The van der Waals surface area contributed by atoms with Crippen molar-refractivity contribution in [2.24, 2.45) is 0 Å². The number of alkyl halides is 3. The van der Waals surface area contributed by atoms with Crippen molar-refractivity contribution in [3.63, 3.8) is 0 Å². The SMILES string of the molecule is CC1=C(C(=O)OCC(F)(F)F)C(c2ccoc2)n2c(nc3ccccc32)N1. The molecule has 1 aliphatic rings. The van der Waals surface area contributed by atoms with Crippen molar-refractivity contribution in [2.45, 2.75) is 19.1 Å². The number of halogens is 3. The summed E-state index contributed by atoms with van der Waals surface area (Å²) < 4.78 is 48.9. The molecular formula is C18H14F3N3O3. The van der Waals surface area contributed by atoms with Gasteiger partial charge < -0.3 is 14.5 Å². The number of esters is 1. The van der Waals surface area contributed by atoms with Crippen LogP contribution in [0.2, 0.25) is 0 Å². The van der Waals surface area contributed by atoms with Crippen LogP contribution in [-0.2, 0) is 9.53 Å². The predicted molar refractivity (Wildman–Crippen MR) is 89.9 cm³/mol. The Balaban J connectivity index is 1.84. The number of furan rings is 1. The number of aromatic nitrogens is 2. The summed E-state index contributed by atoms with van der Waals surface area (Å²) in [6, 6.07) is 8.20. The number of carbonyl (C=O) groups excluding carboxylic acids is 1. The predicted octanol–water partition coefficient (Wildman–Crippen LogP) is 4.02. The minimum atomic E-state index is -4.61. The van der Waals surface area contributed by atoms with E-state index in [4.69, 9.17) is 4.42 Å². The van der Waals surface area contributed by atoms with Crippen LogP contribution in [0.15, 0.2) is 58.5 Å². The molecule has 0 aliphatic carbocycles. The second-order valence-corrected chi connectivity index (χ2v) is 6.11. The maximum atomic E-state index is 12.5. The van der Waals surface area contributed by atoms with E-state index >= 15 is 0 Å². The number of imidazole rings is 1. The zero-order valence-electron chi connectivity index (χ0n) is 14.1. The molecule has 3 heterocycles. The Bertz CT molecular complexity index is 1040. The van der Waals surface area contributed by atoms with Gasteiger partial charge in [0.2, 0.25) is 5.95 Å². The summed E-state index contributed by atoms with van der Waals surface area (Å²) in [6.45, 7) is -0.0572. The lowest BCUT2D eigenvalue weighted by Crippen LogP contribution is -2.30. The molecule has 6 nitrogen and oxygen atoms in total. The molecule has 1 aromatic carbocycles. The van der Waals surface area contributed by atoms with Gasteiger partial charge in [-0.05, 0) is 25.1 Å². The van der Waals surface area contributed by atoms with Crippen molar-refractivity contribution < 1.29 is 27.1 Å². The van der Waals surface area contributed by atoms with Gasteiger partial charge in [-0.15, -0.1) is 0 Å². The number of hydrogen-bond acceptors (Lipinski definition) is 5. The quantitative estimate of drug-likeness (QED) is 0.698. The number of hydrogen-bond donors (Lipinski definition) is 1. The third-order valence-electron chi connectivity index (χ3n) is 4.28. The number of fused-ring (bicyclic) bond motifs is 3. The van der Waals surface area contributed by atoms with Crippen LogP contribution in [-0.4, -0.2) is 28.3 Å². The van der Waals surface area contributed by atoms with Gasteiger partial charge in [0, 0.05) is 11.3 Å². The number of para-hydroxylation sites is 2. The van der Waals surface area contributed by atoms with Crippen LogP contribution < -0.4 is 5.32 Å². The lowest BCUT2D eigenvalue weighted by molar-refractivity contribution is -0.183. The van der Waals surface area contributed by atoms with Gasteiger partial charge in [0.25, 0.3) is 0 Å². The smallest absolute Gasteiger partial charge is 0.422 e. The first-order valence-corrected chi connectivity index (χ1v) is 8.06. The van der Waals surface area contributed by atoms with Crippen LogP contribution in [0.3, 0.4) is 0 Å². The molecule has 1 unspecified atom stereocenters. The van der Waals surface area contributed by atoms with E-state index in [0.29, 0.717) is 22.7 Å². The van der Waals surface area contributed by atoms with E-state index in [1.54, 1.807) is 17.6 Å². The van der Waals surface area contributed by atoms with E-state index in [1.807, 2.05) is 24.3 Å². The van der Waals surface area contributed by atoms with E-state index in [1.165, 1.54) is 12.5 Å². The molecule has 1 N–H and O–H groups in total. The Morgan fingerprint density at radius 1 is 1.33 bits per heavy atom. The molecule has 1 atom stereocenters. The monoisotopic (exact) mass is 377 g/mol. The zero-order valence-corrected chi connectivity index (χ0v) is 14.1. The Hall–Kier alpha value is -3.23. The molecule has 0 amide bonds. The number of carbonyl (C=O) groups is 1. The molecule has 3 aromatic rings. The highest BCUT2D eigenvalue weighted by molar-refractivity contribution is 5.94. The van der Waals surface area contributed by atoms with E-state index in [9.17, 15) is 18.0 Å². The summed E-state index contributed by atoms with van der Waals surface area (Å²) in [5.74, 6) is -0.570. The van der Waals surface area contributed by atoms with E-state index in [-0.39, 0.29) is 5.57 Å². The third kappa shape index (κ3) is 3.05. The molecule has 0 bridgehead atoms. The molecule has 0 radical (unpaired) electrons. The van der Waals surface area contributed by atoms with Crippen molar-refractivity contribution in [1.82, 2.24) is 9.55 Å². The normalized spacial score (nSPS) is 17.0. The Morgan fingerprint density at radius 3 is 2.81 bits per heavy atom. The van der Waals surface area contributed by atoms with Gasteiger partial charge in [0.05, 0.1) is 35.2 Å². The highest BCUT2D eigenvalue weighted by Crippen LogP contribution is 2.39. The molecule has 0 saturated carbocycles. The number of benzene rings is 1. The topological polar surface area (TPSA) is 69.3 Å². The number of nitrogens with one attached hydrogen (secondary N) is 1. The molecule has 1 aliphatic heterocycles. The minimum Gasteiger partial charge on any atom is -0.472 e. The number of rotatable bonds is 3. The van der Waals surface area contributed by atoms with Crippen LogP contribution in [0, 0.1) is 0 Å². The lowest BCUT2D eigenvalue weighted by atomic mass is 9.97. The molecule has 4 rings (SSSR count). The first-order valence-electron chi connectivity index (χ1n) is 8.06. The number of anilines is 1. The summed E-state index contributed by atoms with van der Waals surface area (Å²) >= 11 is 0. The molecule has 2 aromatic heterocycles. The van der Waals surface area contributed by atoms with E-state index in [0.717, 1.165) is 5.52 Å². The third-order valence-corrected chi connectivity index (χ3v) is 4.28. The summed E-state index contributed by atoms with van der Waals surface area (Å²) in [5, 5.41) is 2.99. The molecule has 0 fully saturated rings. The maximum Gasteiger partial charge on any atom is 0.422 e. The molecule has 27 heavy (non-hydrogen) atoms. The highest BCUT2D eigenvalue weighted by atomic mass is 19.4. The standard InChI is InChI=1S/C18H14F3N3O3/c1-10-14(16(25)27-9-18(19,20)21)15(11-6-7-26-8-11)24-13-5-3-2-4-12(13)23-17(24)22-10/h2-8,15H,9H2,1H3,(H,22,23). The Labute approximate surface area is 151 Å². The van der Waals surface area contributed by atoms with E-state index in [2.05, 4.69) is 15.0 Å². The van der Waals surface area contributed by atoms with Crippen molar-refractivity contribution >= 4 is 23.0 Å². The summed E-state index contributed by atoms with van der Waals surface area (Å²) in [6.07, 6.45) is -1.73. The van der Waals surface area contributed by atoms with Gasteiger partial charge >= 0.3 is 12.1 Å². The molecule has 140 valence electrons. The van der Waals surface area contributed by atoms with Crippen molar-refractivity contribution in [3.05, 3.63) is 59.7 Å². The van der Waals surface area contributed by atoms with Gasteiger partial charge in [-0.3, -0.25) is 4.57 Å². The fourth-order valence-electron chi connectivity index (χ4n) is 3.20. The molecular weight excluding hydrogens is 363 g/mol. The Morgan fingerprint density at radius 2 is 2.11 bits per heavy atom. The van der Waals surface area contributed by atoms with E-state index < -0.39 is 24.8 Å². The summed E-state index contributed by atoms with van der Waals surface area (Å²) in [5.41, 5.74) is 2.44. The van der Waals surface area contributed by atoms with Crippen molar-refractivity contribution in [2.75, 3.05) is 11.9 Å². The summed E-state index contributed by atoms with van der Waals surface area (Å²) in [4.78, 5) is 17.0. The fourth-order valence-corrected chi connectivity index (χ4v) is 3.20. The van der Waals surface area contributed by atoms with Gasteiger partial charge in [0.1, 0.15) is 0 Å².